The molecule has 1 aromatic rings. The average molecular weight is 185 g/mol. The fourth-order valence-corrected chi connectivity index (χ4v) is 1.88. The molecule has 0 radical (unpaired) electrons. The van der Waals surface area contributed by atoms with Gasteiger partial charge in [0.05, 0.1) is 0 Å². The first kappa shape index (κ1) is 7.60. The summed E-state index contributed by atoms with van der Waals surface area (Å²) in [6.45, 7) is 0. The first-order valence-electron chi connectivity index (χ1n) is 3.54. The molecule has 2 rings (SSSR count). The molecule has 1 aliphatic heterocycles. The summed E-state index contributed by atoms with van der Waals surface area (Å²) >= 11 is 1.79. The number of hydrogen-bond acceptors (Lipinski definition) is 4. The highest BCUT2D eigenvalue weighted by atomic mass is 32.2. The Bertz CT molecular complexity index is 307. The molecule has 0 aliphatic carbocycles. The van der Waals surface area contributed by atoms with E-state index in [1.54, 1.807) is 22.5 Å². The highest BCUT2D eigenvalue weighted by molar-refractivity contribution is 8.00. The Morgan fingerprint density at radius 3 is 3.00 bits per heavy atom. The van der Waals surface area contributed by atoms with Gasteiger partial charge in [0.25, 0.3) is 0 Å². The van der Waals surface area contributed by atoms with Gasteiger partial charge in [-0.2, -0.15) is 11.8 Å². The van der Waals surface area contributed by atoms with Crippen LogP contribution in [0.15, 0.2) is 12.4 Å². The van der Waals surface area contributed by atoms with Crippen LogP contribution in [-0.2, 0) is 0 Å². The Morgan fingerprint density at radius 1 is 1.75 bits per heavy atom. The molecule has 6 heteroatoms. The second-order valence-electron chi connectivity index (χ2n) is 2.58. The molecule has 64 valence electrons. The van der Waals surface area contributed by atoms with Crippen LogP contribution in [0.4, 0.5) is 5.95 Å². The molecule has 1 fully saturated rings. The third kappa shape index (κ3) is 1.08. The van der Waals surface area contributed by atoms with E-state index in [0.29, 0.717) is 0 Å². The topological polar surface area (TPSA) is 61.0 Å². The zero-order valence-corrected chi connectivity index (χ0v) is 7.03. The van der Waals surface area contributed by atoms with Crippen molar-refractivity contribution >= 4 is 17.7 Å². The van der Waals surface area contributed by atoms with E-state index < -0.39 is 4.92 Å². The zero-order chi connectivity index (χ0) is 8.55. The number of nitro groups is 1. The van der Waals surface area contributed by atoms with Crippen molar-refractivity contribution in [2.45, 2.75) is 6.04 Å². The summed E-state index contributed by atoms with van der Waals surface area (Å²) in [4.78, 5) is 13.7. The van der Waals surface area contributed by atoms with E-state index in [1.165, 1.54) is 6.20 Å². The van der Waals surface area contributed by atoms with Crippen molar-refractivity contribution in [1.82, 2.24) is 9.55 Å². The Balaban J connectivity index is 2.29. The Hall–Kier alpha value is -1.04. The van der Waals surface area contributed by atoms with Crippen LogP contribution in [0.25, 0.3) is 0 Å². The zero-order valence-electron chi connectivity index (χ0n) is 6.21. The molecule has 1 aliphatic rings. The summed E-state index contributed by atoms with van der Waals surface area (Å²) < 4.78 is 1.64. The predicted molar refractivity (Wildman–Crippen MR) is 45.2 cm³/mol. The van der Waals surface area contributed by atoms with Crippen molar-refractivity contribution in [3.63, 3.8) is 0 Å². The SMILES string of the molecule is O=[N+]([O-])c1nccn1C1CSC1. The second-order valence-corrected chi connectivity index (χ2v) is 3.66. The Morgan fingerprint density at radius 2 is 2.50 bits per heavy atom. The van der Waals surface area contributed by atoms with E-state index in [-0.39, 0.29) is 12.0 Å². The standard InChI is InChI=1S/C6H7N3O2S/c10-9(11)6-7-1-2-8(6)5-3-12-4-5/h1-2,5H,3-4H2. The molecule has 5 nitrogen and oxygen atoms in total. The van der Waals surface area contributed by atoms with E-state index in [9.17, 15) is 10.1 Å². The minimum Gasteiger partial charge on any atom is -0.390 e. The quantitative estimate of drug-likeness (QED) is 0.511. The minimum atomic E-state index is -0.441. The van der Waals surface area contributed by atoms with Crippen molar-refractivity contribution in [3.05, 3.63) is 22.5 Å². The Labute approximate surface area is 72.9 Å². The molecule has 0 spiro atoms. The van der Waals surface area contributed by atoms with Crippen molar-refractivity contribution in [2.24, 2.45) is 0 Å². The van der Waals surface area contributed by atoms with Gasteiger partial charge in [-0.3, -0.25) is 0 Å². The summed E-state index contributed by atoms with van der Waals surface area (Å²) in [6, 6.07) is 0.276. The Kier molecular flexibility index (Phi) is 1.76. The highest BCUT2D eigenvalue weighted by Gasteiger charge is 2.28. The average Bonchev–Trinajstić information content (AvgIpc) is 2.31. The number of rotatable bonds is 2. The highest BCUT2D eigenvalue weighted by Crippen LogP contribution is 2.31. The molecule has 0 amide bonds. The number of nitrogens with zero attached hydrogens (tertiary/aromatic N) is 3. The van der Waals surface area contributed by atoms with E-state index in [2.05, 4.69) is 4.98 Å². The molecule has 0 atom stereocenters. The number of imidazole rings is 1. The molecular weight excluding hydrogens is 178 g/mol. The summed E-state index contributed by atoms with van der Waals surface area (Å²) in [5.74, 6) is 1.87. The van der Waals surface area contributed by atoms with Crippen LogP contribution in [0.1, 0.15) is 6.04 Å². The number of thioether (sulfide) groups is 1. The van der Waals surface area contributed by atoms with Crippen molar-refractivity contribution in [2.75, 3.05) is 11.5 Å². The van der Waals surface area contributed by atoms with Crippen molar-refractivity contribution in [1.29, 1.82) is 0 Å². The lowest BCUT2D eigenvalue weighted by atomic mass is 10.4. The molecule has 0 bridgehead atoms. The first-order chi connectivity index (χ1) is 5.79. The maximum Gasteiger partial charge on any atom is 0.434 e. The maximum absolute atomic E-state index is 10.4. The van der Waals surface area contributed by atoms with Gasteiger partial charge in [0.15, 0.2) is 0 Å². The lowest BCUT2D eigenvalue weighted by Crippen LogP contribution is -2.23. The van der Waals surface area contributed by atoms with Crippen LogP contribution in [0.5, 0.6) is 0 Å². The van der Waals surface area contributed by atoms with Crippen LogP contribution >= 0.6 is 11.8 Å². The van der Waals surface area contributed by atoms with Crippen LogP contribution in [0, 0.1) is 10.1 Å². The number of hydrogen-bond donors (Lipinski definition) is 0. The fraction of sp³-hybridized carbons (Fsp3) is 0.500. The van der Waals surface area contributed by atoms with Crippen molar-refractivity contribution in [3.8, 4) is 0 Å². The molecule has 0 N–H and O–H groups in total. The largest absolute Gasteiger partial charge is 0.434 e. The van der Waals surface area contributed by atoms with Crippen LogP contribution in [0.3, 0.4) is 0 Å². The summed E-state index contributed by atoms with van der Waals surface area (Å²) in [5, 5.41) is 10.4. The van der Waals surface area contributed by atoms with Gasteiger partial charge in [-0.15, -0.1) is 0 Å². The molecule has 1 aromatic heterocycles. The summed E-state index contributed by atoms with van der Waals surface area (Å²) in [6.07, 6.45) is 3.14. The second kappa shape index (κ2) is 2.78. The molecule has 2 heterocycles. The molecule has 0 unspecified atom stereocenters. The monoisotopic (exact) mass is 185 g/mol. The molecule has 0 saturated carbocycles. The van der Waals surface area contributed by atoms with Gasteiger partial charge in [0, 0.05) is 11.5 Å². The molecule has 1 saturated heterocycles. The van der Waals surface area contributed by atoms with Gasteiger partial charge in [-0.05, 0) is 4.92 Å². The van der Waals surface area contributed by atoms with Crippen LogP contribution in [0.2, 0.25) is 0 Å². The summed E-state index contributed by atoms with van der Waals surface area (Å²) in [7, 11) is 0. The van der Waals surface area contributed by atoms with Crippen LogP contribution < -0.4 is 0 Å². The predicted octanol–water partition coefficient (Wildman–Crippen LogP) is 1.08. The van der Waals surface area contributed by atoms with E-state index in [4.69, 9.17) is 0 Å². The molecular formula is C6H7N3O2S. The minimum absolute atomic E-state index is 0.0414. The van der Waals surface area contributed by atoms with Crippen molar-refractivity contribution < 1.29 is 4.92 Å². The van der Waals surface area contributed by atoms with Gasteiger partial charge >= 0.3 is 5.95 Å². The molecule has 12 heavy (non-hydrogen) atoms. The van der Waals surface area contributed by atoms with Gasteiger partial charge in [0.2, 0.25) is 0 Å². The normalized spacial score (nSPS) is 17.3. The van der Waals surface area contributed by atoms with E-state index in [1.807, 2.05) is 0 Å². The van der Waals surface area contributed by atoms with Gasteiger partial charge in [-0.25, -0.2) is 4.57 Å². The fourth-order valence-electron chi connectivity index (χ4n) is 1.12. The third-order valence-electron chi connectivity index (χ3n) is 1.83. The maximum atomic E-state index is 10.4. The van der Waals surface area contributed by atoms with E-state index >= 15 is 0 Å². The van der Waals surface area contributed by atoms with Gasteiger partial charge < -0.3 is 10.1 Å². The lowest BCUT2D eigenvalue weighted by molar-refractivity contribution is -0.397. The number of aromatic nitrogens is 2. The first-order valence-corrected chi connectivity index (χ1v) is 4.69. The van der Waals surface area contributed by atoms with E-state index in [0.717, 1.165) is 11.5 Å². The lowest BCUT2D eigenvalue weighted by Gasteiger charge is -2.22. The third-order valence-corrected chi connectivity index (χ3v) is 3.07. The summed E-state index contributed by atoms with van der Waals surface area (Å²) in [5.41, 5.74) is 0. The van der Waals surface area contributed by atoms with Gasteiger partial charge in [0.1, 0.15) is 18.4 Å². The smallest absolute Gasteiger partial charge is 0.390 e. The molecule has 0 aromatic carbocycles. The van der Waals surface area contributed by atoms with Crippen LogP contribution in [-0.4, -0.2) is 26.0 Å². The van der Waals surface area contributed by atoms with Gasteiger partial charge in [-0.1, -0.05) is 4.98 Å².